The Morgan fingerprint density at radius 3 is 1.65 bits per heavy atom. The number of furan rings is 1. The lowest BCUT2D eigenvalue weighted by Gasteiger charge is -2.13. The van der Waals surface area contributed by atoms with E-state index in [2.05, 4.69) is 12.1 Å². The molecule has 0 saturated carbocycles. The quantitative estimate of drug-likeness (QED) is 0.169. The fourth-order valence-electron chi connectivity index (χ4n) is 8.03. The van der Waals surface area contributed by atoms with Gasteiger partial charge in [-0.2, -0.15) is 0 Å². The Morgan fingerprint density at radius 2 is 0.950 bits per heavy atom. The number of benzene rings is 9. The topological polar surface area (TPSA) is 56.7 Å². The van der Waals surface area contributed by atoms with Crippen LogP contribution in [-0.4, -0.2) is 19.5 Å². The van der Waals surface area contributed by atoms with Gasteiger partial charge in [0.05, 0.1) is 30.4 Å². The molecule has 3 aromatic heterocycles. The van der Waals surface area contributed by atoms with Crippen LogP contribution in [0.5, 0.6) is 0 Å². The van der Waals surface area contributed by atoms with E-state index in [0.717, 1.165) is 38.6 Å². The third kappa shape index (κ3) is 5.67. The number of rotatable bonds is 6. The highest BCUT2D eigenvalue weighted by atomic mass is 16.3. The van der Waals surface area contributed by atoms with E-state index in [1.165, 1.54) is 4.57 Å². The van der Waals surface area contributed by atoms with Gasteiger partial charge in [0.1, 0.15) is 11.2 Å². The predicted molar refractivity (Wildman–Crippen MR) is 246 cm³/mol. The molecule has 0 atom stereocenters. The van der Waals surface area contributed by atoms with Crippen molar-refractivity contribution in [2.45, 2.75) is 0 Å². The third-order valence-corrected chi connectivity index (χ3v) is 10.9. The zero-order valence-electron chi connectivity index (χ0n) is 41.6. The Kier molecular flexibility index (Phi) is 5.79. The molecule has 0 unspecified atom stereocenters. The van der Waals surface area contributed by atoms with E-state index in [1.54, 1.807) is 6.07 Å². The van der Waals surface area contributed by atoms with E-state index in [-0.39, 0.29) is 44.7 Å². The minimum atomic E-state index is -0.581. The minimum absolute atomic E-state index is 0.0177. The summed E-state index contributed by atoms with van der Waals surface area (Å²) in [5, 5.41) is 1.06. The van der Waals surface area contributed by atoms with Crippen LogP contribution < -0.4 is 0 Å². The van der Waals surface area contributed by atoms with E-state index in [1.807, 2.05) is 127 Å². The van der Waals surface area contributed by atoms with Gasteiger partial charge in [0.25, 0.3) is 0 Å². The molecule has 0 fully saturated rings. The molecule has 5 nitrogen and oxygen atoms in total. The number of fused-ring (bicyclic) bond motifs is 7. The second kappa shape index (κ2) is 13.8. The Labute approximate surface area is 359 Å². The van der Waals surface area contributed by atoms with Crippen LogP contribution in [0.15, 0.2) is 210 Å². The van der Waals surface area contributed by atoms with Crippen molar-refractivity contribution in [3.05, 3.63) is 206 Å². The molecule has 0 aliphatic heterocycles. The van der Waals surface area contributed by atoms with Gasteiger partial charge in [-0.3, -0.25) is 0 Å². The lowest BCUT2D eigenvalue weighted by molar-refractivity contribution is 0.668. The highest BCUT2D eigenvalue weighted by Gasteiger charge is 2.20. The molecule has 0 aliphatic carbocycles. The normalized spacial score (nSPS) is 14.0. The van der Waals surface area contributed by atoms with Crippen LogP contribution in [0.2, 0.25) is 0 Å². The number of para-hydroxylation sites is 2. The molecule has 0 spiro atoms. The van der Waals surface area contributed by atoms with Gasteiger partial charge in [-0.15, -0.1) is 0 Å². The van der Waals surface area contributed by atoms with Crippen LogP contribution in [0.3, 0.4) is 0 Å². The van der Waals surface area contributed by atoms with Crippen LogP contribution in [0.4, 0.5) is 0 Å². The highest BCUT2D eigenvalue weighted by molar-refractivity contribution is 6.16. The number of hydrogen-bond acceptors (Lipinski definition) is 4. The Balaban J connectivity index is 1.08. The van der Waals surface area contributed by atoms with Gasteiger partial charge >= 0.3 is 0 Å². The first-order chi connectivity index (χ1) is 33.9. The van der Waals surface area contributed by atoms with E-state index in [4.69, 9.17) is 29.0 Å². The van der Waals surface area contributed by atoms with Crippen molar-refractivity contribution in [3.8, 4) is 62.1 Å². The zero-order chi connectivity index (χ0) is 48.3. The van der Waals surface area contributed by atoms with Crippen molar-refractivity contribution in [1.82, 2.24) is 19.5 Å². The Morgan fingerprint density at radius 1 is 0.417 bits per heavy atom. The summed E-state index contributed by atoms with van der Waals surface area (Å²) in [4.78, 5) is 14.9. The molecule has 5 heteroatoms. The first kappa shape index (κ1) is 25.3. The molecule has 12 rings (SSSR count). The Hall–Kier alpha value is -8.15. The largest absolute Gasteiger partial charge is 0.456 e. The lowest BCUT2D eigenvalue weighted by atomic mass is 9.97. The van der Waals surface area contributed by atoms with E-state index < -0.39 is 48.3 Å². The van der Waals surface area contributed by atoms with Crippen LogP contribution >= 0.6 is 0 Å². The van der Waals surface area contributed by atoms with Gasteiger partial charge in [0, 0.05) is 44.3 Å². The van der Waals surface area contributed by atoms with Crippen LogP contribution in [0.1, 0.15) is 13.7 Å². The average Bonchev–Trinajstić information content (AvgIpc) is 3.97. The van der Waals surface area contributed by atoms with Crippen LogP contribution in [-0.2, 0) is 0 Å². The van der Waals surface area contributed by atoms with Crippen LogP contribution in [0, 0.1) is 0 Å². The second-order valence-electron chi connectivity index (χ2n) is 14.4. The molecule has 0 bridgehead atoms. The number of aromatic nitrogens is 4. The first-order valence-electron chi connectivity index (χ1n) is 24.4. The summed E-state index contributed by atoms with van der Waals surface area (Å²) in [6.45, 7) is 0. The number of hydrogen-bond donors (Lipinski definition) is 0. The van der Waals surface area contributed by atoms with Crippen molar-refractivity contribution in [2.75, 3.05) is 0 Å². The molecule has 60 heavy (non-hydrogen) atoms. The molecule has 0 aliphatic rings. The summed E-state index contributed by atoms with van der Waals surface area (Å²) in [5.41, 5.74) is 7.25. The maximum absolute atomic E-state index is 9.66. The molecule has 0 saturated heterocycles. The maximum atomic E-state index is 9.66. The molecule has 0 amide bonds. The highest BCUT2D eigenvalue weighted by Crippen LogP contribution is 2.42. The monoisotopic (exact) mass is 776 g/mol. The van der Waals surface area contributed by atoms with Gasteiger partial charge < -0.3 is 8.98 Å². The van der Waals surface area contributed by atoms with Crippen molar-refractivity contribution < 1.29 is 18.1 Å². The predicted octanol–water partition coefficient (Wildman–Crippen LogP) is 14.4. The zero-order valence-corrected chi connectivity index (χ0v) is 31.6. The van der Waals surface area contributed by atoms with Crippen LogP contribution in [0.25, 0.3) is 117 Å². The minimum Gasteiger partial charge on any atom is -0.456 e. The van der Waals surface area contributed by atoms with E-state index >= 15 is 0 Å². The molecule has 12 aromatic rings. The summed E-state index contributed by atoms with van der Waals surface area (Å²) in [6.07, 6.45) is 0. The smallest absolute Gasteiger partial charge is 0.164 e. The molecular formula is C55H34N4O. The molecular weight excluding hydrogens is 733 g/mol. The first-order valence-corrected chi connectivity index (χ1v) is 19.4. The molecule has 280 valence electrons. The molecule has 9 aromatic carbocycles. The van der Waals surface area contributed by atoms with Gasteiger partial charge in [0.15, 0.2) is 17.5 Å². The Bertz CT molecular complexity index is 4160. The van der Waals surface area contributed by atoms with Crippen molar-refractivity contribution >= 4 is 54.5 Å². The van der Waals surface area contributed by atoms with Gasteiger partial charge in [0.2, 0.25) is 0 Å². The van der Waals surface area contributed by atoms with Gasteiger partial charge in [-0.05, 0) is 63.3 Å². The van der Waals surface area contributed by atoms with Gasteiger partial charge in [-0.25, -0.2) is 15.0 Å². The summed E-state index contributed by atoms with van der Waals surface area (Å²) in [5.74, 6) is 1.46. The molecule has 0 radical (unpaired) electrons. The second-order valence-corrected chi connectivity index (χ2v) is 14.4. The fraction of sp³-hybridized carbons (Fsp3) is 0. The summed E-state index contributed by atoms with van der Waals surface area (Å²) >= 11 is 0. The van der Waals surface area contributed by atoms with E-state index in [0.29, 0.717) is 45.5 Å². The summed E-state index contributed by atoms with van der Waals surface area (Å²) in [6, 6.07) is 41.9. The molecule has 3 heterocycles. The summed E-state index contributed by atoms with van der Waals surface area (Å²) in [7, 11) is 0. The third-order valence-electron chi connectivity index (χ3n) is 10.9. The SMILES string of the molecule is [2H]c1c([2H])c([2H])c2c([2H])c3c(c([2H])c2c1[2H])c1c([2H])c([2H])c([2H])c([2H])c1n3-c1cc(-c2ccc(-c3nc(-c4ccccc4)nc(-c4ccc(-c5ccccc5)cc4)n3)cc2)c2c(c1)oc1ccccc12. The number of nitrogens with zero attached hydrogens (tertiary/aromatic N) is 4. The van der Waals surface area contributed by atoms with Gasteiger partial charge in [-0.1, -0.05) is 170 Å². The van der Waals surface area contributed by atoms with E-state index in [9.17, 15) is 4.11 Å². The fourth-order valence-corrected chi connectivity index (χ4v) is 8.03. The van der Waals surface area contributed by atoms with Crippen molar-refractivity contribution in [3.63, 3.8) is 0 Å². The average molecular weight is 777 g/mol. The summed E-state index contributed by atoms with van der Waals surface area (Å²) < 4.78 is 97.6. The lowest BCUT2D eigenvalue weighted by Crippen LogP contribution is -2.00. The molecule has 0 N–H and O–H groups in total. The maximum Gasteiger partial charge on any atom is 0.164 e. The van der Waals surface area contributed by atoms with Crippen molar-refractivity contribution in [1.29, 1.82) is 0 Å². The van der Waals surface area contributed by atoms with Crippen molar-refractivity contribution in [2.24, 2.45) is 0 Å². The standard InChI is InChI=1S/C55H34N4O/c1-3-13-35(14-4-1)36-23-27-39(28-24-36)54-56-53(38-15-5-2-6-16-38)57-55(58-54)40-29-25-37(26-30-40)46-33-43(34-51-52(46)45-20-10-12-22-50(45)60-51)59-48-21-11-9-19-44(48)47-31-41-17-7-8-18-42(41)32-49(47)59/h1-34H/i7D,8D,9D,11D,17D,18D,19D,21D,31D,32D.